The molecule has 0 aromatic heterocycles. The predicted molar refractivity (Wildman–Crippen MR) is 41.1 cm³/mol. The molecule has 13 heavy (non-hydrogen) atoms. The maximum Gasteiger partial charge on any atom is 0.161 e. The summed E-state index contributed by atoms with van der Waals surface area (Å²) >= 11 is 0. The molecule has 0 radical (unpaired) electrons. The van der Waals surface area contributed by atoms with E-state index >= 15 is 0 Å². The second kappa shape index (κ2) is 3.31. The van der Waals surface area contributed by atoms with Crippen LogP contribution >= 0.6 is 0 Å². The Bertz CT molecular complexity index is 407. The number of hydrogen-bond donors (Lipinski definition) is 0. The molecule has 2 nitrogen and oxygen atoms in total. The number of benzene rings is 1. The first-order valence-corrected chi connectivity index (χ1v) is 3.46. The second-order valence-electron chi connectivity index (χ2n) is 2.48. The number of hydrogen-bond acceptors (Lipinski definition) is 2. The molecule has 1 rings (SSSR count). The van der Waals surface area contributed by atoms with Crippen molar-refractivity contribution in [1.82, 2.24) is 0 Å². The van der Waals surface area contributed by atoms with Gasteiger partial charge in [-0.05, 0) is 19.1 Å². The average Bonchev–Trinajstić information content (AvgIpc) is 2.08. The van der Waals surface area contributed by atoms with E-state index in [1.807, 2.05) is 0 Å². The van der Waals surface area contributed by atoms with Crippen LogP contribution in [0.1, 0.15) is 22.8 Å². The van der Waals surface area contributed by atoms with Crippen LogP contribution in [0.2, 0.25) is 0 Å². The summed E-state index contributed by atoms with van der Waals surface area (Å²) in [5.74, 6) is -2.71. The highest BCUT2D eigenvalue weighted by molar-refractivity contribution is 5.96. The Morgan fingerprint density at radius 1 is 1.38 bits per heavy atom. The lowest BCUT2D eigenvalue weighted by molar-refractivity contribution is 0.101. The summed E-state index contributed by atoms with van der Waals surface area (Å²) in [6, 6.07) is 3.06. The van der Waals surface area contributed by atoms with Crippen LogP contribution in [0.15, 0.2) is 12.1 Å². The molecule has 0 N–H and O–H groups in total. The van der Waals surface area contributed by atoms with Gasteiger partial charge < -0.3 is 0 Å². The molecule has 0 unspecified atom stereocenters. The van der Waals surface area contributed by atoms with Gasteiger partial charge in [0.15, 0.2) is 17.4 Å². The summed E-state index contributed by atoms with van der Waals surface area (Å²) in [4.78, 5) is 10.8. The highest BCUT2D eigenvalue weighted by atomic mass is 19.2. The molecule has 66 valence electrons. The van der Waals surface area contributed by atoms with Crippen molar-refractivity contribution in [1.29, 1.82) is 5.26 Å². The Hall–Kier alpha value is -1.76. The molecule has 0 bridgehead atoms. The largest absolute Gasteiger partial charge is 0.294 e. The van der Waals surface area contributed by atoms with E-state index in [4.69, 9.17) is 5.26 Å². The molecule has 0 amide bonds. The lowest BCUT2D eigenvalue weighted by atomic mass is 10.1. The highest BCUT2D eigenvalue weighted by Gasteiger charge is 2.12. The molecule has 1 aromatic rings. The minimum atomic E-state index is -1.12. The van der Waals surface area contributed by atoms with E-state index in [1.54, 1.807) is 6.07 Å². The van der Waals surface area contributed by atoms with E-state index in [-0.39, 0.29) is 11.1 Å². The molecule has 0 aliphatic carbocycles. The topological polar surface area (TPSA) is 40.9 Å². The lowest BCUT2D eigenvalue weighted by Gasteiger charge is -1.99. The van der Waals surface area contributed by atoms with Crippen molar-refractivity contribution in [2.75, 3.05) is 0 Å². The summed E-state index contributed by atoms with van der Waals surface area (Å²) in [5.41, 5.74) is -0.243. The Balaban J connectivity index is 3.44. The minimum absolute atomic E-state index is 0.0959. The van der Waals surface area contributed by atoms with Gasteiger partial charge in [0.25, 0.3) is 0 Å². The normalized spacial score (nSPS) is 9.38. The Morgan fingerprint density at radius 2 is 1.92 bits per heavy atom. The third-order valence-corrected chi connectivity index (χ3v) is 1.56. The number of rotatable bonds is 1. The number of ketones is 1. The van der Waals surface area contributed by atoms with Gasteiger partial charge >= 0.3 is 0 Å². The monoisotopic (exact) mass is 181 g/mol. The summed E-state index contributed by atoms with van der Waals surface area (Å²) < 4.78 is 25.2. The molecule has 0 fully saturated rings. The number of halogens is 2. The van der Waals surface area contributed by atoms with Crippen molar-refractivity contribution in [3.63, 3.8) is 0 Å². The zero-order chi connectivity index (χ0) is 10.0. The van der Waals surface area contributed by atoms with Crippen LogP contribution in [-0.2, 0) is 0 Å². The van der Waals surface area contributed by atoms with Crippen molar-refractivity contribution in [2.45, 2.75) is 6.92 Å². The molecule has 1 aromatic carbocycles. The van der Waals surface area contributed by atoms with Gasteiger partial charge in [-0.3, -0.25) is 4.79 Å². The van der Waals surface area contributed by atoms with Crippen LogP contribution in [0, 0.1) is 23.0 Å². The fourth-order valence-electron chi connectivity index (χ4n) is 0.931. The molecular weight excluding hydrogens is 176 g/mol. The molecular formula is C9H5F2NO. The van der Waals surface area contributed by atoms with E-state index in [0.29, 0.717) is 6.07 Å². The van der Waals surface area contributed by atoms with E-state index in [9.17, 15) is 13.6 Å². The van der Waals surface area contributed by atoms with E-state index in [2.05, 4.69) is 0 Å². The van der Waals surface area contributed by atoms with Crippen LogP contribution in [-0.4, -0.2) is 5.78 Å². The van der Waals surface area contributed by atoms with Gasteiger partial charge in [0, 0.05) is 5.56 Å². The van der Waals surface area contributed by atoms with E-state index in [1.165, 1.54) is 6.92 Å². The number of carbonyl (C=O) groups excluding carboxylic acids is 1. The molecule has 0 saturated carbocycles. The van der Waals surface area contributed by atoms with Gasteiger partial charge in [-0.2, -0.15) is 5.26 Å². The fourth-order valence-corrected chi connectivity index (χ4v) is 0.931. The van der Waals surface area contributed by atoms with Crippen LogP contribution in [0.3, 0.4) is 0 Å². The molecule has 0 saturated heterocycles. The van der Waals surface area contributed by atoms with Crippen LogP contribution < -0.4 is 0 Å². The van der Waals surface area contributed by atoms with Crippen molar-refractivity contribution in [3.8, 4) is 6.07 Å². The summed E-state index contributed by atoms with van der Waals surface area (Å²) in [6.45, 7) is 1.19. The fraction of sp³-hybridized carbons (Fsp3) is 0.111. The third kappa shape index (κ3) is 1.70. The van der Waals surface area contributed by atoms with Gasteiger partial charge in [0.1, 0.15) is 0 Å². The zero-order valence-electron chi connectivity index (χ0n) is 6.77. The first kappa shape index (κ1) is 9.33. The standard InChI is InChI=1S/C9H5F2NO/c1-5(13)7-3-9(11)8(10)2-6(7)4-12/h2-3H,1H3. The van der Waals surface area contributed by atoms with E-state index in [0.717, 1.165) is 6.07 Å². The summed E-state index contributed by atoms with van der Waals surface area (Å²) in [7, 11) is 0. The van der Waals surface area contributed by atoms with Crippen LogP contribution in [0.5, 0.6) is 0 Å². The van der Waals surface area contributed by atoms with Crippen LogP contribution in [0.25, 0.3) is 0 Å². The number of Topliss-reactive ketones (excluding diaryl/α,β-unsaturated/α-hetero) is 1. The molecule has 0 aliphatic rings. The second-order valence-corrected chi connectivity index (χ2v) is 2.48. The predicted octanol–water partition coefficient (Wildman–Crippen LogP) is 2.04. The molecule has 0 aliphatic heterocycles. The first-order valence-electron chi connectivity index (χ1n) is 3.46. The summed E-state index contributed by atoms with van der Waals surface area (Å²) in [6.07, 6.45) is 0. The van der Waals surface area contributed by atoms with Gasteiger partial charge in [-0.1, -0.05) is 0 Å². The van der Waals surface area contributed by atoms with Gasteiger partial charge in [0.05, 0.1) is 11.6 Å². The first-order chi connectivity index (χ1) is 6.06. The van der Waals surface area contributed by atoms with Crippen molar-refractivity contribution in [2.24, 2.45) is 0 Å². The summed E-state index contributed by atoms with van der Waals surface area (Å²) in [5, 5.41) is 8.49. The Morgan fingerprint density at radius 3 is 2.38 bits per heavy atom. The average molecular weight is 181 g/mol. The van der Waals surface area contributed by atoms with Crippen LogP contribution in [0.4, 0.5) is 8.78 Å². The maximum absolute atomic E-state index is 12.6. The maximum atomic E-state index is 12.6. The quantitative estimate of drug-likeness (QED) is 0.622. The minimum Gasteiger partial charge on any atom is -0.294 e. The van der Waals surface area contributed by atoms with E-state index < -0.39 is 17.4 Å². The smallest absolute Gasteiger partial charge is 0.161 e. The Labute approximate surface area is 73.4 Å². The van der Waals surface area contributed by atoms with Crippen molar-refractivity contribution >= 4 is 5.78 Å². The number of nitriles is 1. The zero-order valence-corrected chi connectivity index (χ0v) is 6.77. The highest BCUT2D eigenvalue weighted by Crippen LogP contribution is 2.14. The SMILES string of the molecule is CC(=O)c1cc(F)c(F)cc1C#N. The van der Waals surface area contributed by atoms with Gasteiger partial charge in [0.2, 0.25) is 0 Å². The van der Waals surface area contributed by atoms with Crippen molar-refractivity contribution in [3.05, 3.63) is 34.9 Å². The van der Waals surface area contributed by atoms with Crippen molar-refractivity contribution < 1.29 is 13.6 Å². The molecule has 0 heterocycles. The lowest BCUT2D eigenvalue weighted by Crippen LogP contribution is -1.99. The molecule has 0 atom stereocenters. The third-order valence-electron chi connectivity index (χ3n) is 1.56. The Kier molecular flexibility index (Phi) is 2.38. The van der Waals surface area contributed by atoms with Gasteiger partial charge in [-0.25, -0.2) is 8.78 Å². The number of carbonyl (C=O) groups is 1. The molecule has 4 heteroatoms. The van der Waals surface area contributed by atoms with Gasteiger partial charge in [-0.15, -0.1) is 0 Å². The number of nitrogens with zero attached hydrogens (tertiary/aromatic N) is 1. The molecule has 0 spiro atoms.